The lowest BCUT2D eigenvalue weighted by molar-refractivity contribution is -0.136. The van der Waals surface area contributed by atoms with Gasteiger partial charge in [0.15, 0.2) is 0 Å². The summed E-state index contributed by atoms with van der Waals surface area (Å²) in [5, 5.41) is 6.53. The van der Waals surface area contributed by atoms with Crippen molar-refractivity contribution < 1.29 is 18.4 Å². The third kappa shape index (κ3) is 5.08. The van der Waals surface area contributed by atoms with Crippen LogP contribution in [-0.2, 0) is 16.1 Å². The molecule has 0 saturated carbocycles. The van der Waals surface area contributed by atoms with Crippen molar-refractivity contribution in [3.63, 3.8) is 0 Å². The van der Waals surface area contributed by atoms with Crippen LogP contribution in [0.25, 0.3) is 0 Å². The van der Waals surface area contributed by atoms with Gasteiger partial charge >= 0.3 is 11.8 Å². The van der Waals surface area contributed by atoms with Crippen LogP contribution in [0.1, 0.15) is 5.69 Å². The third-order valence-electron chi connectivity index (χ3n) is 2.44. The van der Waals surface area contributed by atoms with Gasteiger partial charge in [0.2, 0.25) is 0 Å². The zero-order valence-electron chi connectivity index (χ0n) is 11.1. The number of carbonyl (C=O) groups excluding carboxylic acids is 2. The van der Waals surface area contributed by atoms with Crippen molar-refractivity contribution in [2.45, 2.75) is 17.2 Å². The van der Waals surface area contributed by atoms with E-state index in [9.17, 15) is 18.4 Å². The first-order chi connectivity index (χ1) is 10.5. The number of thioether (sulfide) groups is 1. The second-order valence-electron chi connectivity index (χ2n) is 4.02. The molecule has 1 aromatic carbocycles. The van der Waals surface area contributed by atoms with E-state index in [0.717, 1.165) is 0 Å². The van der Waals surface area contributed by atoms with Crippen LogP contribution < -0.4 is 10.6 Å². The number of hydrogen-bond acceptors (Lipinski definition) is 5. The highest BCUT2D eigenvalue weighted by Gasteiger charge is 2.14. The van der Waals surface area contributed by atoms with Crippen LogP contribution in [0.5, 0.6) is 0 Å². The second-order valence-corrected chi connectivity index (χ2v) is 5.81. The van der Waals surface area contributed by atoms with Gasteiger partial charge in [-0.3, -0.25) is 9.59 Å². The average Bonchev–Trinajstić information content (AvgIpc) is 2.97. The Morgan fingerprint density at radius 3 is 2.82 bits per heavy atom. The molecule has 2 amide bonds. The number of carbonyl (C=O) groups is 2. The van der Waals surface area contributed by atoms with E-state index < -0.39 is 17.6 Å². The van der Waals surface area contributed by atoms with Gasteiger partial charge in [-0.2, -0.15) is 8.78 Å². The first-order valence-corrected chi connectivity index (χ1v) is 7.88. The normalized spacial score (nSPS) is 10.5. The molecule has 116 valence electrons. The monoisotopic (exact) mass is 343 g/mol. The minimum Gasteiger partial charge on any atom is -0.342 e. The van der Waals surface area contributed by atoms with Gasteiger partial charge in [0.1, 0.15) is 0 Å². The van der Waals surface area contributed by atoms with Crippen molar-refractivity contribution >= 4 is 40.6 Å². The molecule has 22 heavy (non-hydrogen) atoms. The number of nitrogens with zero attached hydrogens (tertiary/aromatic N) is 1. The third-order valence-corrected chi connectivity index (χ3v) is 3.78. The number of alkyl halides is 2. The molecule has 0 bridgehead atoms. The van der Waals surface area contributed by atoms with Crippen LogP contribution in [0, 0.1) is 0 Å². The molecule has 1 heterocycles. The summed E-state index contributed by atoms with van der Waals surface area (Å²) in [6.07, 6.45) is 0. The summed E-state index contributed by atoms with van der Waals surface area (Å²) in [6, 6.07) is 5.91. The molecule has 2 rings (SSSR count). The van der Waals surface area contributed by atoms with Gasteiger partial charge in [0, 0.05) is 16.0 Å². The minimum atomic E-state index is -2.55. The van der Waals surface area contributed by atoms with Crippen LogP contribution in [0.4, 0.5) is 14.5 Å². The van der Waals surface area contributed by atoms with Crippen molar-refractivity contribution in [1.82, 2.24) is 10.3 Å². The lowest BCUT2D eigenvalue weighted by Crippen LogP contribution is -2.35. The molecule has 2 N–H and O–H groups in total. The van der Waals surface area contributed by atoms with E-state index in [0.29, 0.717) is 22.4 Å². The fourth-order valence-corrected chi connectivity index (χ4v) is 2.63. The first kappa shape index (κ1) is 16.4. The van der Waals surface area contributed by atoms with E-state index in [1.807, 2.05) is 0 Å². The number of nitrogens with one attached hydrogen (secondary N) is 2. The molecule has 0 saturated heterocycles. The van der Waals surface area contributed by atoms with Crippen LogP contribution in [0.2, 0.25) is 0 Å². The highest BCUT2D eigenvalue weighted by Crippen LogP contribution is 2.27. The fourth-order valence-electron chi connectivity index (χ4n) is 1.51. The smallest absolute Gasteiger partial charge is 0.313 e. The molecule has 0 aliphatic carbocycles. The highest BCUT2D eigenvalue weighted by molar-refractivity contribution is 7.99. The molecule has 9 heteroatoms. The molecule has 0 aliphatic heterocycles. The Balaban J connectivity index is 1.89. The zero-order chi connectivity index (χ0) is 15.9. The summed E-state index contributed by atoms with van der Waals surface area (Å²) in [5.74, 6) is -4.23. The Bertz CT molecular complexity index is 650. The van der Waals surface area contributed by atoms with Crippen molar-refractivity contribution in [3.05, 3.63) is 40.8 Å². The summed E-state index contributed by atoms with van der Waals surface area (Å²) in [7, 11) is 0. The summed E-state index contributed by atoms with van der Waals surface area (Å²) in [6.45, 7) is 0.150. The van der Waals surface area contributed by atoms with Crippen molar-refractivity contribution in [3.8, 4) is 0 Å². The summed E-state index contributed by atoms with van der Waals surface area (Å²) in [4.78, 5) is 27.6. The van der Waals surface area contributed by atoms with E-state index in [-0.39, 0.29) is 12.2 Å². The maximum atomic E-state index is 12.3. The minimum absolute atomic E-state index is 0.150. The number of thiazole rings is 1. The van der Waals surface area contributed by atoms with Gasteiger partial charge in [-0.25, -0.2) is 4.98 Å². The summed E-state index contributed by atoms with van der Waals surface area (Å²) in [5.41, 5.74) is 2.55. The van der Waals surface area contributed by atoms with Crippen molar-refractivity contribution in [2.24, 2.45) is 0 Å². The van der Waals surface area contributed by atoms with E-state index in [1.165, 1.54) is 35.6 Å². The molecule has 0 spiro atoms. The zero-order valence-corrected chi connectivity index (χ0v) is 12.7. The van der Waals surface area contributed by atoms with Gasteiger partial charge in [-0.1, -0.05) is 17.8 Å². The highest BCUT2D eigenvalue weighted by atomic mass is 32.2. The molecule has 5 nitrogen and oxygen atoms in total. The van der Waals surface area contributed by atoms with Crippen molar-refractivity contribution in [1.29, 1.82) is 0 Å². The molecular formula is C13H11F2N3O2S2. The molecule has 0 aliphatic rings. The van der Waals surface area contributed by atoms with Crippen LogP contribution in [-0.4, -0.2) is 22.6 Å². The molecule has 0 unspecified atom stereocenters. The molecule has 1 aromatic heterocycles. The van der Waals surface area contributed by atoms with E-state index >= 15 is 0 Å². The average molecular weight is 343 g/mol. The Hall–Kier alpha value is -2.00. The lowest BCUT2D eigenvalue weighted by Gasteiger charge is -2.07. The predicted molar refractivity (Wildman–Crippen MR) is 80.9 cm³/mol. The van der Waals surface area contributed by atoms with Crippen LogP contribution >= 0.6 is 23.1 Å². The summed E-state index contributed by atoms with van der Waals surface area (Å²) < 4.78 is 24.6. The van der Waals surface area contributed by atoms with Crippen LogP contribution in [0.15, 0.2) is 40.1 Å². The maximum absolute atomic E-state index is 12.3. The maximum Gasteiger partial charge on any atom is 0.313 e. The Labute approximate surface area is 133 Å². The van der Waals surface area contributed by atoms with Gasteiger partial charge in [0.25, 0.3) is 5.76 Å². The predicted octanol–water partition coefficient (Wildman–Crippen LogP) is 2.71. The largest absolute Gasteiger partial charge is 0.342 e. The number of amides is 2. The Morgan fingerprint density at radius 2 is 2.14 bits per heavy atom. The Kier molecular flexibility index (Phi) is 5.84. The van der Waals surface area contributed by atoms with E-state index in [2.05, 4.69) is 15.6 Å². The molecule has 0 radical (unpaired) electrons. The number of benzene rings is 1. The lowest BCUT2D eigenvalue weighted by atomic mass is 10.3. The number of aromatic nitrogens is 1. The first-order valence-electron chi connectivity index (χ1n) is 6.05. The molecular weight excluding hydrogens is 332 g/mol. The number of anilines is 1. The topological polar surface area (TPSA) is 71.1 Å². The number of hydrogen-bond donors (Lipinski definition) is 2. The number of halogens is 2. The van der Waals surface area contributed by atoms with E-state index in [1.54, 1.807) is 10.9 Å². The van der Waals surface area contributed by atoms with Gasteiger partial charge < -0.3 is 10.6 Å². The number of rotatable bonds is 5. The fraction of sp³-hybridized carbons (Fsp3) is 0.154. The quantitative estimate of drug-likeness (QED) is 0.647. The molecule has 0 fully saturated rings. The van der Waals surface area contributed by atoms with E-state index in [4.69, 9.17) is 0 Å². The summed E-state index contributed by atoms with van der Waals surface area (Å²) >= 11 is 1.75. The standard InChI is InChI=1S/C13H11F2N3O2S2/c14-13(15)22-10-3-1-2-8(4-10)18-12(20)11(19)16-5-9-6-21-7-17-9/h1-4,6-7,13H,5H2,(H,16,19)(H,18,20). The van der Waals surface area contributed by atoms with Gasteiger partial charge in [0.05, 0.1) is 17.7 Å². The Morgan fingerprint density at radius 1 is 1.32 bits per heavy atom. The van der Waals surface area contributed by atoms with Gasteiger partial charge in [-0.15, -0.1) is 11.3 Å². The molecule has 2 aromatic rings. The van der Waals surface area contributed by atoms with Crippen LogP contribution in [0.3, 0.4) is 0 Å². The molecule has 0 atom stereocenters. The van der Waals surface area contributed by atoms with Gasteiger partial charge in [-0.05, 0) is 18.2 Å². The second kappa shape index (κ2) is 7.85. The van der Waals surface area contributed by atoms with Crippen molar-refractivity contribution in [2.75, 3.05) is 5.32 Å². The SMILES string of the molecule is O=C(NCc1cscn1)C(=O)Nc1cccc(SC(F)F)c1.